The summed E-state index contributed by atoms with van der Waals surface area (Å²) in [5.41, 5.74) is 0.0393. The van der Waals surface area contributed by atoms with E-state index < -0.39 is 28.6 Å². The lowest BCUT2D eigenvalue weighted by Crippen LogP contribution is -2.18. The summed E-state index contributed by atoms with van der Waals surface area (Å²) in [4.78, 5) is 23.1. The Morgan fingerprint density at radius 1 is 1.21 bits per heavy atom. The molecule has 1 N–H and O–H groups in total. The molecule has 0 atom stereocenters. The molecule has 1 heterocycles. The molecule has 10 heteroatoms. The van der Waals surface area contributed by atoms with E-state index in [4.69, 9.17) is 4.74 Å². The minimum Gasteiger partial charge on any atom is -0.466 e. The minimum absolute atomic E-state index is 0.0133. The third-order valence-electron chi connectivity index (χ3n) is 2.75. The molecule has 2 rings (SSSR count). The van der Waals surface area contributed by atoms with Crippen LogP contribution < -0.4 is 4.72 Å². The summed E-state index contributed by atoms with van der Waals surface area (Å²) in [5.74, 6) is -1.56. The summed E-state index contributed by atoms with van der Waals surface area (Å²) >= 11 is 4.23. The van der Waals surface area contributed by atoms with Crippen LogP contribution in [0.3, 0.4) is 0 Å². The van der Waals surface area contributed by atoms with E-state index in [1.165, 1.54) is 18.2 Å². The highest BCUT2D eigenvalue weighted by molar-refractivity contribution is 9.11. The second kappa shape index (κ2) is 7.77. The van der Waals surface area contributed by atoms with E-state index in [2.05, 4.69) is 25.4 Å². The molecule has 7 nitrogen and oxygen atoms in total. The van der Waals surface area contributed by atoms with Crippen molar-refractivity contribution in [2.24, 2.45) is 0 Å². The zero-order valence-electron chi connectivity index (χ0n) is 12.3. The van der Waals surface area contributed by atoms with Gasteiger partial charge in [0.2, 0.25) is 0 Å². The maximum atomic E-state index is 12.4. The van der Waals surface area contributed by atoms with Gasteiger partial charge in [0, 0.05) is 0 Å². The first kappa shape index (κ1) is 18.4. The molecule has 0 aliphatic heterocycles. The number of thiophene rings is 1. The molecule has 128 valence electrons. The molecule has 2 aromatic rings. The Morgan fingerprint density at radius 2 is 1.92 bits per heavy atom. The first-order valence-corrected chi connectivity index (χ1v) is 9.54. The number of hydrogen-bond donors (Lipinski definition) is 1. The van der Waals surface area contributed by atoms with Gasteiger partial charge in [-0.05, 0) is 40.2 Å². The van der Waals surface area contributed by atoms with Gasteiger partial charge in [-0.25, -0.2) is 18.0 Å². The average Bonchev–Trinajstić information content (AvgIpc) is 3.00. The largest absolute Gasteiger partial charge is 0.466 e. The van der Waals surface area contributed by atoms with Gasteiger partial charge in [-0.3, -0.25) is 4.72 Å². The molecular weight excluding hydrogens is 422 g/mol. The summed E-state index contributed by atoms with van der Waals surface area (Å²) in [5, 5.41) is 0. The van der Waals surface area contributed by atoms with Crippen molar-refractivity contribution in [2.45, 2.75) is 4.21 Å². The molecule has 0 bridgehead atoms. The predicted molar refractivity (Wildman–Crippen MR) is 91.6 cm³/mol. The predicted octanol–water partition coefficient (Wildman–Crippen LogP) is 2.64. The smallest absolute Gasteiger partial charge is 0.344 e. The van der Waals surface area contributed by atoms with Gasteiger partial charge >= 0.3 is 11.9 Å². The molecule has 0 unspecified atom stereocenters. The van der Waals surface area contributed by atoms with Crippen LogP contribution in [0.5, 0.6) is 0 Å². The molecule has 0 saturated carbocycles. The Labute approximate surface area is 150 Å². The minimum atomic E-state index is -3.85. The number of halogens is 1. The Bertz CT molecular complexity index is 862. The fourth-order valence-electron chi connectivity index (χ4n) is 1.65. The van der Waals surface area contributed by atoms with Gasteiger partial charge in [0.05, 0.1) is 22.1 Å². The van der Waals surface area contributed by atoms with Crippen LogP contribution >= 0.6 is 27.3 Å². The highest BCUT2D eigenvalue weighted by Gasteiger charge is 2.21. The molecule has 0 saturated heterocycles. The van der Waals surface area contributed by atoms with Gasteiger partial charge in [0.15, 0.2) is 6.61 Å². The van der Waals surface area contributed by atoms with Crippen molar-refractivity contribution in [3.05, 3.63) is 45.7 Å². The third kappa shape index (κ3) is 4.56. The summed E-state index contributed by atoms with van der Waals surface area (Å²) in [7, 11) is -2.68. The summed E-state index contributed by atoms with van der Waals surface area (Å²) in [6, 6.07) is 8.98. The topological polar surface area (TPSA) is 98.8 Å². The summed E-state index contributed by atoms with van der Waals surface area (Å²) in [6.07, 6.45) is 0. The molecule has 0 aliphatic carbocycles. The zero-order valence-corrected chi connectivity index (χ0v) is 15.5. The van der Waals surface area contributed by atoms with Crippen LogP contribution in [-0.2, 0) is 24.3 Å². The molecule has 0 radical (unpaired) electrons. The highest BCUT2D eigenvalue weighted by atomic mass is 79.9. The van der Waals surface area contributed by atoms with Crippen LogP contribution in [0.2, 0.25) is 0 Å². The number of hydrogen-bond acceptors (Lipinski definition) is 7. The van der Waals surface area contributed by atoms with Crippen LogP contribution in [0, 0.1) is 0 Å². The second-order valence-corrected chi connectivity index (χ2v) is 8.73. The molecule has 0 aliphatic rings. The van der Waals surface area contributed by atoms with Crippen molar-refractivity contribution < 1.29 is 27.5 Å². The number of sulfonamides is 1. The van der Waals surface area contributed by atoms with Gasteiger partial charge in [0.1, 0.15) is 4.21 Å². The lowest BCUT2D eigenvalue weighted by atomic mass is 10.2. The van der Waals surface area contributed by atoms with Crippen LogP contribution in [0.25, 0.3) is 0 Å². The van der Waals surface area contributed by atoms with E-state index in [1.807, 2.05) is 0 Å². The molecule has 1 aromatic heterocycles. The van der Waals surface area contributed by atoms with Crippen molar-refractivity contribution in [1.82, 2.24) is 0 Å². The van der Waals surface area contributed by atoms with Crippen molar-refractivity contribution in [3.8, 4) is 0 Å². The standard InChI is InChI=1S/C14H12BrNO6S2/c1-21-12(17)8-22-14(18)9-4-2-3-5-10(9)16-24(19,20)13-7-6-11(15)23-13/h2-7,16H,8H2,1H3. The van der Waals surface area contributed by atoms with Crippen molar-refractivity contribution in [2.75, 3.05) is 18.4 Å². The molecule has 0 spiro atoms. The first-order chi connectivity index (χ1) is 11.3. The van der Waals surface area contributed by atoms with Crippen LogP contribution in [0.4, 0.5) is 5.69 Å². The third-order valence-corrected chi connectivity index (χ3v) is 6.23. The van der Waals surface area contributed by atoms with E-state index in [0.717, 1.165) is 18.4 Å². The average molecular weight is 434 g/mol. The van der Waals surface area contributed by atoms with Gasteiger partial charge in [-0.2, -0.15) is 0 Å². The molecular formula is C14H12BrNO6S2. The van der Waals surface area contributed by atoms with Crippen molar-refractivity contribution >= 4 is 54.9 Å². The number of para-hydroxylation sites is 1. The van der Waals surface area contributed by atoms with E-state index >= 15 is 0 Å². The quantitative estimate of drug-likeness (QED) is 0.702. The van der Waals surface area contributed by atoms with E-state index in [1.54, 1.807) is 18.2 Å². The Balaban J connectivity index is 2.22. The SMILES string of the molecule is COC(=O)COC(=O)c1ccccc1NS(=O)(=O)c1ccc(Br)s1. The van der Waals surface area contributed by atoms with Crippen LogP contribution in [0.1, 0.15) is 10.4 Å². The molecule has 0 fully saturated rings. The zero-order chi connectivity index (χ0) is 17.7. The number of benzene rings is 1. The summed E-state index contributed by atoms with van der Waals surface area (Å²) < 4.78 is 37.0. The summed E-state index contributed by atoms with van der Waals surface area (Å²) in [6.45, 7) is -0.561. The highest BCUT2D eigenvalue weighted by Crippen LogP contribution is 2.28. The lowest BCUT2D eigenvalue weighted by molar-refractivity contribution is -0.144. The first-order valence-electron chi connectivity index (χ1n) is 6.44. The maximum absolute atomic E-state index is 12.4. The normalized spacial score (nSPS) is 10.9. The number of ether oxygens (including phenoxy) is 2. The molecule has 0 amide bonds. The number of carbonyl (C=O) groups excluding carboxylic acids is 2. The van der Waals surface area contributed by atoms with E-state index in [9.17, 15) is 18.0 Å². The Kier molecular flexibility index (Phi) is 5.97. The van der Waals surface area contributed by atoms with Crippen LogP contribution in [-0.4, -0.2) is 34.1 Å². The van der Waals surface area contributed by atoms with Crippen molar-refractivity contribution in [1.29, 1.82) is 0 Å². The van der Waals surface area contributed by atoms with Gasteiger partial charge in [-0.1, -0.05) is 12.1 Å². The number of esters is 2. The number of carbonyl (C=O) groups is 2. The number of anilines is 1. The van der Waals surface area contributed by atoms with E-state index in [0.29, 0.717) is 3.79 Å². The Morgan fingerprint density at radius 3 is 2.54 bits per heavy atom. The van der Waals surface area contributed by atoms with Crippen molar-refractivity contribution in [3.63, 3.8) is 0 Å². The lowest BCUT2D eigenvalue weighted by Gasteiger charge is -2.11. The van der Waals surface area contributed by atoms with Gasteiger partial charge < -0.3 is 9.47 Å². The molecule has 24 heavy (non-hydrogen) atoms. The molecule has 1 aromatic carbocycles. The number of methoxy groups -OCH3 is 1. The van der Waals surface area contributed by atoms with E-state index in [-0.39, 0.29) is 15.5 Å². The monoisotopic (exact) mass is 433 g/mol. The Hall–Kier alpha value is -1.91. The fourth-order valence-corrected chi connectivity index (χ4v) is 4.74. The second-order valence-electron chi connectivity index (χ2n) is 4.36. The maximum Gasteiger partial charge on any atom is 0.344 e. The van der Waals surface area contributed by atoms with Gasteiger partial charge in [0.25, 0.3) is 10.0 Å². The van der Waals surface area contributed by atoms with Crippen LogP contribution in [0.15, 0.2) is 44.4 Å². The number of rotatable bonds is 6. The fraction of sp³-hybridized carbons (Fsp3) is 0.143. The number of nitrogens with one attached hydrogen (secondary N) is 1. The van der Waals surface area contributed by atoms with Gasteiger partial charge in [-0.15, -0.1) is 11.3 Å².